The number of halogens is 1. The maximum atomic E-state index is 12.3. The SMILES string of the molecule is O=C(NCCn1ccnn1)c1cnc(Cl)c2ccccc12. The van der Waals surface area contributed by atoms with Crippen molar-refractivity contribution in [1.82, 2.24) is 25.3 Å². The van der Waals surface area contributed by atoms with Gasteiger partial charge in [-0.15, -0.1) is 5.10 Å². The molecule has 0 spiro atoms. The van der Waals surface area contributed by atoms with Gasteiger partial charge in [-0.05, 0) is 5.39 Å². The van der Waals surface area contributed by atoms with Crippen LogP contribution in [-0.2, 0) is 6.54 Å². The van der Waals surface area contributed by atoms with Crippen molar-refractivity contribution in [2.45, 2.75) is 6.54 Å². The van der Waals surface area contributed by atoms with Gasteiger partial charge < -0.3 is 5.32 Å². The Kier molecular flexibility index (Phi) is 3.79. The Morgan fingerprint density at radius 3 is 2.86 bits per heavy atom. The highest BCUT2D eigenvalue weighted by atomic mass is 35.5. The summed E-state index contributed by atoms with van der Waals surface area (Å²) in [4.78, 5) is 16.3. The zero-order chi connectivity index (χ0) is 14.7. The summed E-state index contributed by atoms with van der Waals surface area (Å²) in [5, 5.41) is 12.3. The second kappa shape index (κ2) is 5.88. The molecule has 1 N–H and O–H groups in total. The average Bonchev–Trinajstić information content (AvgIpc) is 3.01. The van der Waals surface area contributed by atoms with Crippen molar-refractivity contribution in [3.8, 4) is 0 Å². The summed E-state index contributed by atoms with van der Waals surface area (Å²) in [6.07, 6.45) is 4.83. The first kappa shape index (κ1) is 13.5. The number of rotatable bonds is 4. The fourth-order valence-corrected chi connectivity index (χ4v) is 2.28. The minimum atomic E-state index is -0.185. The smallest absolute Gasteiger partial charge is 0.253 e. The topological polar surface area (TPSA) is 72.7 Å². The van der Waals surface area contributed by atoms with Gasteiger partial charge in [0, 0.05) is 24.3 Å². The number of nitrogens with one attached hydrogen (secondary N) is 1. The van der Waals surface area contributed by atoms with Gasteiger partial charge in [0.15, 0.2) is 0 Å². The lowest BCUT2D eigenvalue weighted by molar-refractivity contribution is 0.0953. The van der Waals surface area contributed by atoms with Gasteiger partial charge in [-0.3, -0.25) is 9.48 Å². The predicted octanol–water partition coefficient (Wildman–Crippen LogP) is 1.91. The third-order valence-electron chi connectivity index (χ3n) is 3.09. The van der Waals surface area contributed by atoms with Crippen molar-refractivity contribution in [3.63, 3.8) is 0 Å². The maximum Gasteiger partial charge on any atom is 0.253 e. The molecule has 0 radical (unpaired) electrons. The Morgan fingerprint density at radius 2 is 2.10 bits per heavy atom. The Hall–Kier alpha value is -2.47. The molecule has 3 rings (SSSR count). The first-order chi connectivity index (χ1) is 10.3. The molecule has 0 fully saturated rings. The van der Waals surface area contributed by atoms with Crippen LogP contribution in [0.4, 0.5) is 0 Å². The van der Waals surface area contributed by atoms with Crippen molar-refractivity contribution < 1.29 is 4.79 Å². The molecule has 0 aliphatic carbocycles. The molecule has 7 heteroatoms. The van der Waals surface area contributed by atoms with Crippen molar-refractivity contribution in [1.29, 1.82) is 0 Å². The summed E-state index contributed by atoms with van der Waals surface area (Å²) in [5.74, 6) is -0.185. The molecule has 1 amide bonds. The van der Waals surface area contributed by atoms with E-state index in [9.17, 15) is 4.79 Å². The number of fused-ring (bicyclic) bond motifs is 1. The molecule has 0 saturated heterocycles. The molecule has 106 valence electrons. The third-order valence-corrected chi connectivity index (χ3v) is 3.39. The van der Waals surface area contributed by atoms with Crippen LogP contribution in [0.3, 0.4) is 0 Å². The van der Waals surface area contributed by atoms with Crippen LogP contribution < -0.4 is 5.32 Å². The quantitative estimate of drug-likeness (QED) is 0.747. The van der Waals surface area contributed by atoms with Gasteiger partial charge in [0.1, 0.15) is 5.15 Å². The van der Waals surface area contributed by atoms with Crippen molar-refractivity contribution in [2.75, 3.05) is 6.54 Å². The fraction of sp³-hybridized carbons (Fsp3) is 0.143. The molecule has 0 aliphatic rings. The number of benzene rings is 1. The van der Waals surface area contributed by atoms with E-state index in [0.29, 0.717) is 23.8 Å². The van der Waals surface area contributed by atoms with Crippen LogP contribution in [0.15, 0.2) is 42.9 Å². The van der Waals surface area contributed by atoms with E-state index in [4.69, 9.17) is 11.6 Å². The van der Waals surface area contributed by atoms with Crippen molar-refractivity contribution in [2.24, 2.45) is 0 Å². The van der Waals surface area contributed by atoms with E-state index in [1.165, 1.54) is 6.20 Å². The van der Waals surface area contributed by atoms with Gasteiger partial charge >= 0.3 is 0 Å². The average molecular weight is 302 g/mol. The van der Waals surface area contributed by atoms with Crippen LogP contribution in [0.5, 0.6) is 0 Å². The molecule has 21 heavy (non-hydrogen) atoms. The zero-order valence-corrected chi connectivity index (χ0v) is 11.8. The first-order valence-electron chi connectivity index (χ1n) is 6.41. The number of pyridine rings is 1. The molecule has 3 aromatic rings. The van der Waals surface area contributed by atoms with Gasteiger partial charge in [0.2, 0.25) is 0 Å². The summed E-state index contributed by atoms with van der Waals surface area (Å²) in [5.41, 5.74) is 0.508. The molecule has 0 unspecified atom stereocenters. The molecular formula is C14H12ClN5O. The molecule has 6 nitrogen and oxygen atoms in total. The summed E-state index contributed by atoms with van der Waals surface area (Å²) in [6, 6.07) is 7.43. The highest BCUT2D eigenvalue weighted by Crippen LogP contribution is 2.23. The fourth-order valence-electron chi connectivity index (χ4n) is 2.07. The number of carbonyl (C=O) groups excluding carboxylic acids is 1. The maximum absolute atomic E-state index is 12.3. The zero-order valence-electron chi connectivity index (χ0n) is 11.0. The molecule has 0 atom stereocenters. The number of nitrogens with zero attached hydrogens (tertiary/aromatic N) is 4. The van der Waals surface area contributed by atoms with Gasteiger partial charge in [-0.1, -0.05) is 41.1 Å². The second-order valence-electron chi connectivity index (χ2n) is 4.43. The van der Waals surface area contributed by atoms with Crippen molar-refractivity contribution >= 4 is 28.3 Å². The summed E-state index contributed by atoms with van der Waals surface area (Å²) in [7, 11) is 0. The Morgan fingerprint density at radius 1 is 1.29 bits per heavy atom. The van der Waals surface area contributed by atoms with Gasteiger partial charge in [0.05, 0.1) is 18.3 Å². The highest BCUT2D eigenvalue weighted by molar-refractivity contribution is 6.34. The highest BCUT2D eigenvalue weighted by Gasteiger charge is 2.12. The third kappa shape index (κ3) is 2.85. The Labute approximate surface area is 125 Å². The second-order valence-corrected chi connectivity index (χ2v) is 4.79. The molecule has 2 heterocycles. The van der Waals surface area contributed by atoms with Crippen LogP contribution in [0.2, 0.25) is 5.15 Å². The number of aromatic nitrogens is 4. The van der Waals surface area contributed by atoms with Crippen LogP contribution >= 0.6 is 11.6 Å². The molecule has 1 aromatic carbocycles. The standard InChI is InChI=1S/C14H12ClN5O/c15-13-11-4-2-1-3-10(11)12(9-17-13)14(21)16-5-7-20-8-6-18-19-20/h1-4,6,8-9H,5,7H2,(H,16,21). The lowest BCUT2D eigenvalue weighted by atomic mass is 10.1. The van der Waals surface area contributed by atoms with Crippen LogP contribution in [0.1, 0.15) is 10.4 Å². The van der Waals surface area contributed by atoms with Crippen LogP contribution in [0.25, 0.3) is 10.8 Å². The Bertz CT molecular complexity index is 772. The van der Waals surface area contributed by atoms with Gasteiger partial charge in [-0.2, -0.15) is 0 Å². The van der Waals surface area contributed by atoms with Crippen LogP contribution in [0, 0.1) is 0 Å². The minimum absolute atomic E-state index is 0.185. The monoisotopic (exact) mass is 301 g/mol. The van der Waals surface area contributed by atoms with E-state index in [0.717, 1.165) is 10.8 Å². The summed E-state index contributed by atoms with van der Waals surface area (Å²) < 4.78 is 1.65. The molecule has 0 bridgehead atoms. The normalized spacial score (nSPS) is 10.7. The lowest BCUT2D eigenvalue weighted by Crippen LogP contribution is -2.27. The van der Waals surface area contributed by atoms with Gasteiger partial charge in [0.25, 0.3) is 5.91 Å². The van der Waals surface area contributed by atoms with E-state index in [-0.39, 0.29) is 5.91 Å². The number of carbonyl (C=O) groups is 1. The molecule has 0 saturated carbocycles. The van der Waals surface area contributed by atoms with E-state index < -0.39 is 0 Å². The number of hydrogen-bond acceptors (Lipinski definition) is 4. The van der Waals surface area contributed by atoms with Crippen molar-refractivity contribution in [3.05, 3.63) is 53.6 Å². The van der Waals surface area contributed by atoms with E-state index in [2.05, 4.69) is 20.6 Å². The summed E-state index contributed by atoms with van der Waals surface area (Å²) >= 11 is 6.04. The van der Waals surface area contributed by atoms with Crippen LogP contribution in [-0.4, -0.2) is 32.4 Å². The lowest BCUT2D eigenvalue weighted by Gasteiger charge is -2.08. The van der Waals surface area contributed by atoms with E-state index >= 15 is 0 Å². The molecule has 2 aromatic heterocycles. The minimum Gasteiger partial charge on any atom is -0.350 e. The van der Waals surface area contributed by atoms with Gasteiger partial charge in [-0.25, -0.2) is 4.98 Å². The number of hydrogen-bond donors (Lipinski definition) is 1. The predicted molar refractivity (Wildman–Crippen MR) is 79.1 cm³/mol. The Balaban J connectivity index is 1.77. The number of amides is 1. The molecule has 0 aliphatic heterocycles. The largest absolute Gasteiger partial charge is 0.350 e. The first-order valence-corrected chi connectivity index (χ1v) is 6.79. The van der Waals surface area contributed by atoms with E-state index in [1.807, 2.05) is 24.3 Å². The van der Waals surface area contributed by atoms with E-state index in [1.54, 1.807) is 17.1 Å². The molecular weight excluding hydrogens is 290 g/mol. The summed E-state index contributed by atoms with van der Waals surface area (Å²) in [6.45, 7) is 1.02.